The van der Waals surface area contributed by atoms with Crippen molar-refractivity contribution in [1.82, 2.24) is 20.2 Å². The Labute approximate surface area is 175 Å². The Morgan fingerprint density at radius 1 is 1.07 bits per heavy atom. The van der Waals surface area contributed by atoms with E-state index in [4.69, 9.17) is 4.74 Å². The van der Waals surface area contributed by atoms with Gasteiger partial charge in [-0.05, 0) is 42.5 Å². The Hall–Kier alpha value is -3.48. The molecule has 7 heteroatoms. The molecule has 3 aromatic rings. The quantitative estimate of drug-likeness (QED) is 0.704. The molecule has 30 heavy (non-hydrogen) atoms. The third-order valence-electron chi connectivity index (χ3n) is 5.35. The Morgan fingerprint density at radius 3 is 2.67 bits per heavy atom. The van der Waals surface area contributed by atoms with Gasteiger partial charge in [0, 0.05) is 37.4 Å². The zero-order valence-corrected chi connectivity index (χ0v) is 16.7. The second-order valence-corrected chi connectivity index (χ2v) is 7.45. The van der Waals surface area contributed by atoms with Crippen LogP contribution in [0.1, 0.15) is 28.9 Å². The van der Waals surface area contributed by atoms with Gasteiger partial charge >= 0.3 is 6.09 Å². The van der Waals surface area contributed by atoms with Crippen LogP contribution in [0.25, 0.3) is 10.9 Å². The summed E-state index contributed by atoms with van der Waals surface area (Å²) in [4.78, 5) is 34.9. The number of ether oxygens (including phenoxy) is 1. The van der Waals surface area contributed by atoms with Crippen molar-refractivity contribution in [3.63, 3.8) is 0 Å². The molecule has 0 unspecified atom stereocenters. The van der Waals surface area contributed by atoms with Gasteiger partial charge in [-0.1, -0.05) is 30.3 Å². The number of piperidine rings is 1. The molecule has 3 heterocycles. The lowest BCUT2D eigenvalue weighted by atomic mass is 9.97. The molecule has 4 rings (SSSR count). The van der Waals surface area contributed by atoms with Gasteiger partial charge in [0.15, 0.2) is 0 Å². The fourth-order valence-corrected chi connectivity index (χ4v) is 3.55. The van der Waals surface area contributed by atoms with Crippen molar-refractivity contribution in [3.05, 3.63) is 72.2 Å². The van der Waals surface area contributed by atoms with E-state index in [0.717, 1.165) is 29.3 Å². The van der Waals surface area contributed by atoms with Crippen LogP contribution in [-0.4, -0.2) is 46.5 Å². The number of aromatic nitrogens is 2. The Kier molecular flexibility index (Phi) is 6.17. The highest BCUT2D eigenvalue weighted by atomic mass is 16.6. The lowest BCUT2D eigenvalue weighted by Gasteiger charge is -2.31. The number of pyridine rings is 2. The zero-order chi connectivity index (χ0) is 20.8. The Morgan fingerprint density at radius 2 is 1.87 bits per heavy atom. The number of hydrogen-bond donors (Lipinski definition) is 1. The van der Waals surface area contributed by atoms with E-state index in [1.807, 2.05) is 36.4 Å². The SMILES string of the molecule is O=C(NCC1CCN(C(=O)OCc2ccccc2)CC1)c1ccc2cnccc2n1. The van der Waals surface area contributed by atoms with Crippen molar-refractivity contribution in [3.8, 4) is 0 Å². The van der Waals surface area contributed by atoms with Crippen molar-refractivity contribution in [1.29, 1.82) is 0 Å². The molecule has 2 aromatic heterocycles. The Bertz CT molecular complexity index is 1020. The number of carbonyl (C=O) groups is 2. The number of nitrogens with one attached hydrogen (secondary N) is 1. The third-order valence-corrected chi connectivity index (χ3v) is 5.35. The van der Waals surface area contributed by atoms with Crippen LogP contribution in [0.3, 0.4) is 0 Å². The third kappa shape index (κ3) is 4.92. The van der Waals surface area contributed by atoms with E-state index in [1.54, 1.807) is 29.4 Å². The highest BCUT2D eigenvalue weighted by molar-refractivity contribution is 5.94. The first-order valence-corrected chi connectivity index (χ1v) is 10.1. The molecule has 1 aliphatic rings. The summed E-state index contributed by atoms with van der Waals surface area (Å²) < 4.78 is 5.40. The minimum atomic E-state index is -0.281. The first-order chi connectivity index (χ1) is 14.7. The highest BCUT2D eigenvalue weighted by Gasteiger charge is 2.24. The maximum absolute atomic E-state index is 12.4. The topological polar surface area (TPSA) is 84.4 Å². The van der Waals surface area contributed by atoms with Crippen molar-refractivity contribution < 1.29 is 14.3 Å². The van der Waals surface area contributed by atoms with Crippen LogP contribution in [0.15, 0.2) is 60.9 Å². The van der Waals surface area contributed by atoms with Crippen molar-refractivity contribution in [2.45, 2.75) is 19.4 Å². The highest BCUT2D eigenvalue weighted by Crippen LogP contribution is 2.18. The molecule has 1 saturated heterocycles. The molecule has 0 radical (unpaired) electrons. The fraction of sp³-hybridized carbons (Fsp3) is 0.304. The van der Waals surface area contributed by atoms with E-state index in [2.05, 4.69) is 15.3 Å². The summed E-state index contributed by atoms with van der Waals surface area (Å²) in [5.41, 5.74) is 2.12. The summed E-state index contributed by atoms with van der Waals surface area (Å²) in [5, 5.41) is 3.88. The van der Waals surface area contributed by atoms with Crippen LogP contribution in [0.4, 0.5) is 4.79 Å². The fourth-order valence-electron chi connectivity index (χ4n) is 3.55. The first-order valence-electron chi connectivity index (χ1n) is 10.1. The Balaban J connectivity index is 1.21. The van der Waals surface area contributed by atoms with E-state index in [9.17, 15) is 9.59 Å². The molecule has 0 saturated carbocycles. The van der Waals surface area contributed by atoms with Gasteiger partial charge in [0.1, 0.15) is 12.3 Å². The molecule has 0 atom stereocenters. The predicted molar refractivity (Wildman–Crippen MR) is 113 cm³/mol. The number of hydrogen-bond acceptors (Lipinski definition) is 5. The van der Waals surface area contributed by atoms with Gasteiger partial charge in [-0.2, -0.15) is 0 Å². The number of likely N-dealkylation sites (tertiary alicyclic amines) is 1. The van der Waals surface area contributed by atoms with E-state index in [-0.39, 0.29) is 18.6 Å². The van der Waals surface area contributed by atoms with Crippen LogP contribution >= 0.6 is 0 Å². The van der Waals surface area contributed by atoms with Crippen LogP contribution in [0.5, 0.6) is 0 Å². The summed E-state index contributed by atoms with van der Waals surface area (Å²) >= 11 is 0. The van der Waals surface area contributed by atoms with Gasteiger partial charge in [-0.15, -0.1) is 0 Å². The van der Waals surface area contributed by atoms with E-state index in [1.165, 1.54) is 0 Å². The number of amides is 2. The van der Waals surface area contributed by atoms with Gasteiger partial charge in [0.2, 0.25) is 0 Å². The number of fused-ring (bicyclic) bond motifs is 1. The number of rotatable bonds is 5. The van der Waals surface area contributed by atoms with Gasteiger partial charge in [0.05, 0.1) is 5.52 Å². The molecule has 0 spiro atoms. The zero-order valence-electron chi connectivity index (χ0n) is 16.7. The monoisotopic (exact) mass is 404 g/mol. The lowest BCUT2D eigenvalue weighted by Crippen LogP contribution is -2.41. The molecule has 154 valence electrons. The van der Waals surface area contributed by atoms with Gasteiger partial charge < -0.3 is 15.0 Å². The molecule has 1 N–H and O–H groups in total. The second kappa shape index (κ2) is 9.35. The molecule has 7 nitrogen and oxygen atoms in total. The van der Waals surface area contributed by atoms with Crippen molar-refractivity contribution in [2.75, 3.05) is 19.6 Å². The molecule has 0 bridgehead atoms. The molecule has 0 aliphatic carbocycles. The number of benzene rings is 1. The minimum absolute atomic E-state index is 0.182. The summed E-state index contributed by atoms with van der Waals surface area (Å²) in [6.07, 6.45) is 4.77. The number of nitrogens with zero attached hydrogens (tertiary/aromatic N) is 3. The first kappa shape index (κ1) is 19.8. The smallest absolute Gasteiger partial charge is 0.410 e. The molecule has 1 aromatic carbocycles. The average Bonchev–Trinajstić information content (AvgIpc) is 2.81. The van der Waals surface area contributed by atoms with Crippen LogP contribution in [-0.2, 0) is 11.3 Å². The summed E-state index contributed by atoms with van der Waals surface area (Å²) in [6.45, 7) is 2.12. The molecule has 1 aliphatic heterocycles. The van der Waals surface area contributed by atoms with Crippen molar-refractivity contribution in [2.24, 2.45) is 5.92 Å². The summed E-state index contributed by atoms with van der Waals surface area (Å²) in [5.74, 6) is 0.148. The van der Waals surface area contributed by atoms with Crippen LogP contribution in [0.2, 0.25) is 0 Å². The summed E-state index contributed by atoms with van der Waals surface area (Å²) in [7, 11) is 0. The van der Waals surface area contributed by atoms with Gasteiger partial charge in [0.25, 0.3) is 5.91 Å². The van der Waals surface area contributed by atoms with Crippen LogP contribution < -0.4 is 5.32 Å². The van der Waals surface area contributed by atoms with Crippen LogP contribution in [0, 0.1) is 5.92 Å². The predicted octanol–water partition coefficient (Wildman–Crippen LogP) is 3.41. The molecule has 2 amide bonds. The second-order valence-electron chi connectivity index (χ2n) is 7.45. The minimum Gasteiger partial charge on any atom is -0.445 e. The summed E-state index contributed by atoms with van der Waals surface area (Å²) in [6, 6.07) is 15.0. The van der Waals surface area contributed by atoms with Gasteiger partial charge in [-0.3, -0.25) is 9.78 Å². The molecular weight excluding hydrogens is 380 g/mol. The maximum atomic E-state index is 12.4. The average molecular weight is 404 g/mol. The molecule has 1 fully saturated rings. The largest absolute Gasteiger partial charge is 0.445 e. The van der Waals surface area contributed by atoms with E-state index < -0.39 is 0 Å². The normalized spacial score (nSPS) is 14.5. The van der Waals surface area contributed by atoms with E-state index in [0.29, 0.717) is 31.2 Å². The van der Waals surface area contributed by atoms with E-state index >= 15 is 0 Å². The lowest BCUT2D eigenvalue weighted by molar-refractivity contribution is 0.0800. The molecular formula is C23H24N4O3. The van der Waals surface area contributed by atoms with Gasteiger partial charge in [-0.25, -0.2) is 9.78 Å². The maximum Gasteiger partial charge on any atom is 0.410 e. The standard InChI is InChI=1S/C23H24N4O3/c28-22(21-7-6-19-15-24-11-8-20(19)26-21)25-14-17-9-12-27(13-10-17)23(29)30-16-18-4-2-1-3-5-18/h1-8,11,15,17H,9-10,12-14,16H2,(H,25,28). The number of carbonyl (C=O) groups excluding carboxylic acids is 2. The van der Waals surface area contributed by atoms with Crippen molar-refractivity contribution >= 4 is 22.9 Å².